The smallest absolute Gasteiger partial charge is 0.156 e. The molecule has 0 aliphatic carbocycles. The van der Waals surface area contributed by atoms with E-state index < -0.39 is 0 Å². The lowest BCUT2D eigenvalue weighted by Gasteiger charge is -2.07. The highest BCUT2D eigenvalue weighted by atomic mass is 14.9. The van der Waals surface area contributed by atoms with Crippen molar-refractivity contribution < 1.29 is 0 Å². The number of allylic oxidation sites excluding steroid dienone is 5. The van der Waals surface area contributed by atoms with Crippen LogP contribution in [0.15, 0.2) is 95.5 Å². The highest BCUT2D eigenvalue weighted by Gasteiger charge is 2.05. The van der Waals surface area contributed by atoms with Crippen LogP contribution in [-0.4, -0.2) is 18.7 Å². The number of nitrogens with zero attached hydrogens (tertiary/aromatic N) is 2. The lowest BCUT2D eigenvalue weighted by Crippen LogP contribution is -2.16. The standard InChI is InChI=1S/C22H23N3/c1-4-6-11-17(5-2)19-14-10-15-20(16-19)21(23)25-22(24-3)18-12-8-7-9-13-18/h4-16H,2H2,1,3H3,(H2,23,24,25)/b6-4-,17-11+. The second-order valence-corrected chi connectivity index (χ2v) is 5.34. The fourth-order valence-electron chi connectivity index (χ4n) is 2.35. The molecule has 0 aliphatic rings. The number of hydrogen-bond acceptors (Lipinski definition) is 1. The van der Waals surface area contributed by atoms with Gasteiger partial charge in [-0.2, -0.15) is 0 Å². The Balaban J connectivity index is 2.38. The summed E-state index contributed by atoms with van der Waals surface area (Å²) in [6.07, 6.45) is 7.81. The molecule has 0 radical (unpaired) electrons. The summed E-state index contributed by atoms with van der Waals surface area (Å²) in [5.74, 6) is 1.04. The summed E-state index contributed by atoms with van der Waals surface area (Å²) in [6.45, 7) is 5.86. The van der Waals surface area contributed by atoms with Gasteiger partial charge in [-0.05, 0) is 24.1 Å². The fraction of sp³-hybridized carbons (Fsp3) is 0.0909. The Morgan fingerprint density at radius 2 is 1.68 bits per heavy atom. The number of aliphatic imine (C=N–C) groups is 2. The van der Waals surface area contributed by atoms with Crippen molar-refractivity contribution in [3.63, 3.8) is 0 Å². The van der Waals surface area contributed by atoms with Crippen LogP contribution in [0.25, 0.3) is 5.57 Å². The first-order chi connectivity index (χ1) is 12.2. The van der Waals surface area contributed by atoms with Crippen LogP contribution < -0.4 is 5.73 Å². The van der Waals surface area contributed by atoms with Crippen LogP contribution in [0.3, 0.4) is 0 Å². The van der Waals surface area contributed by atoms with Gasteiger partial charge >= 0.3 is 0 Å². The number of amidine groups is 2. The first kappa shape index (κ1) is 18.1. The summed E-state index contributed by atoms with van der Waals surface area (Å²) >= 11 is 0. The third-order valence-electron chi connectivity index (χ3n) is 3.65. The van der Waals surface area contributed by atoms with Crippen LogP contribution in [0.1, 0.15) is 23.6 Å². The Morgan fingerprint density at radius 3 is 2.32 bits per heavy atom. The average molecular weight is 329 g/mol. The van der Waals surface area contributed by atoms with Gasteiger partial charge in [0.05, 0.1) is 0 Å². The zero-order valence-corrected chi connectivity index (χ0v) is 14.7. The van der Waals surface area contributed by atoms with Crippen molar-refractivity contribution in [3.8, 4) is 0 Å². The van der Waals surface area contributed by atoms with Crippen LogP contribution in [0.5, 0.6) is 0 Å². The zero-order chi connectivity index (χ0) is 18.1. The highest BCUT2D eigenvalue weighted by molar-refractivity contribution is 6.11. The molecule has 2 N–H and O–H groups in total. The lowest BCUT2D eigenvalue weighted by atomic mass is 10.0. The van der Waals surface area contributed by atoms with E-state index in [1.807, 2.05) is 85.8 Å². The van der Waals surface area contributed by atoms with Crippen LogP contribution in [-0.2, 0) is 0 Å². The largest absolute Gasteiger partial charge is 0.383 e. The van der Waals surface area contributed by atoms with Crippen LogP contribution in [0.2, 0.25) is 0 Å². The van der Waals surface area contributed by atoms with Gasteiger partial charge in [0.15, 0.2) is 5.84 Å². The third kappa shape index (κ3) is 4.88. The van der Waals surface area contributed by atoms with E-state index >= 15 is 0 Å². The molecule has 2 rings (SSSR count). The van der Waals surface area contributed by atoms with Crippen LogP contribution in [0, 0.1) is 0 Å². The number of benzene rings is 2. The Kier molecular flexibility index (Phi) is 6.66. The molecule has 0 spiro atoms. The molecular formula is C22H23N3. The third-order valence-corrected chi connectivity index (χ3v) is 3.65. The van der Waals surface area contributed by atoms with E-state index in [9.17, 15) is 0 Å². The molecule has 0 aliphatic heterocycles. The Bertz CT molecular complexity index is 841. The molecule has 2 aromatic rings. The minimum Gasteiger partial charge on any atom is -0.383 e. The number of nitrogens with two attached hydrogens (primary N) is 1. The predicted molar refractivity (Wildman–Crippen MR) is 109 cm³/mol. The number of hydrogen-bond donors (Lipinski definition) is 1. The molecule has 0 heterocycles. The summed E-state index contributed by atoms with van der Waals surface area (Å²) in [4.78, 5) is 8.76. The highest BCUT2D eigenvalue weighted by Crippen LogP contribution is 2.17. The van der Waals surface area contributed by atoms with Gasteiger partial charge in [-0.25, -0.2) is 4.99 Å². The summed E-state index contributed by atoms with van der Waals surface area (Å²) in [5, 5.41) is 0. The van der Waals surface area contributed by atoms with E-state index in [4.69, 9.17) is 5.73 Å². The minimum absolute atomic E-state index is 0.431. The van der Waals surface area contributed by atoms with Crippen LogP contribution in [0.4, 0.5) is 0 Å². The molecule has 0 amide bonds. The van der Waals surface area contributed by atoms with Crippen molar-refractivity contribution >= 4 is 17.2 Å². The zero-order valence-electron chi connectivity index (χ0n) is 14.7. The van der Waals surface area contributed by atoms with Gasteiger partial charge in [0.1, 0.15) is 5.84 Å². The SMILES string of the molecule is C=C/C(=C\C=C/C)c1cccc(C(N)=NC(=NC)c2ccccc2)c1. The van der Waals surface area contributed by atoms with E-state index in [1.54, 1.807) is 7.05 Å². The van der Waals surface area contributed by atoms with Crippen molar-refractivity contribution in [1.82, 2.24) is 0 Å². The van der Waals surface area contributed by atoms with E-state index in [0.29, 0.717) is 11.7 Å². The first-order valence-corrected chi connectivity index (χ1v) is 8.12. The van der Waals surface area contributed by atoms with Crippen molar-refractivity contribution in [2.75, 3.05) is 7.05 Å². The molecule has 0 aromatic heterocycles. The van der Waals surface area contributed by atoms with Gasteiger partial charge in [0, 0.05) is 18.2 Å². The normalized spacial score (nSPS) is 13.3. The monoisotopic (exact) mass is 329 g/mol. The molecule has 0 saturated carbocycles. The molecule has 3 nitrogen and oxygen atoms in total. The average Bonchev–Trinajstić information content (AvgIpc) is 2.67. The molecule has 0 atom stereocenters. The molecule has 0 unspecified atom stereocenters. The molecule has 0 bridgehead atoms. The molecule has 25 heavy (non-hydrogen) atoms. The Morgan fingerprint density at radius 1 is 1.00 bits per heavy atom. The van der Waals surface area contributed by atoms with Crippen molar-refractivity contribution in [1.29, 1.82) is 0 Å². The van der Waals surface area contributed by atoms with Gasteiger partial charge in [-0.15, -0.1) is 0 Å². The quantitative estimate of drug-likeness (QED) is 0.486. The van der Waals surface area contributed by atoms with E-state index in [2.05, 4.69) is 16.6 Å². The Labute approximate surface area is 149 Å². The topological polar surface area (TPSA) is 50.7 Å². The van der Waals surface area contributed by atoms with Gasteiger partial charge < -0.3 is 5.73 Å². The summed E-state index contributed by atoms with van der Waals surface area (Å²) in [5.41, 5.74) is 10.1. The number of rotatable bonds is 5. The predicted octanol–water partition coefficient (Wildman–Crippen LogP) is 4.61. The van der Waals surface area contributed by atoms with Gasteiger partial charge in [-0.1, -0.05) is 79.4 Å². The molecule has 0 saturated heterocycles. The summed E-state index contributed by atoms with van der Waals surface area (Å²) in [6, 6.07) is 17.7. The van der Waals surface area contributed by atoms with Gasteiger partial charge in [0.25, 0.3) is 0 Å². The van der Waals surface area contributed by atoms with Crippen LogP contribution >= 0.6 is 0 Å². The fourth-order valence-corrected chi connectivity index (χ4v) is 2.35. The van der Waals surface area contributed by atoms with E-state index in [0.717, 1.165) is 22.3 Å². The van der Waals surface area contributed by atoms with E-state index in [1.165, 1.54) is 0 Å². The molecule has 2 aromatic carbocycles. The maximum atomic E-state index is 6.23. The molecule has 0 fully saturated rings. The maximum absolute atomic E-state index is 6.23. The van der Waals surface area contributed by atoms with Crippen molar-refractivity contribution in [3.05, 3.63) is 102 Å². The van der Waals surface area contributed by atoms with Gasteiger partial charge in [-0.3, -0.25) is 4.99 Å². The second kappa shape index (κ2) is 9.18. The van der Waals surface area contributed by atoms with Crippen molar-refractivity contribution in [2.24, 2.45) is 15.7 Å². The molecule has 126 valence electrons. The summed E-state index contributed by atoms with van der Waals surface area (Å²) in [7, 11) is 1.71. The first-order valence-electron chi connectivity index (χ1n) is 8.12. The maximum Gasteiger partial charge on any atom is 0.156 e. The molecule has 3 heteroatoms. The lowest BCUT2D eigenvalue weighted by molar-refractivity contribution is 1.37. The minimum atomic E-state index is 0.431. The summed E-state index contributed by atoms with van der Waals surface area (Å²) < 4.78 is 0. The van der Waals surface area contributed by atoms with E-state index in [-0.39, 0.29) is 0 Å². The second-order valence-electron chi connectivity index (χ2n) is 5.34. The molecular weight excluding hydrogens is 306 g/mol. The van der Waals surface area contributed by atoms with Gasteiger partial charge in [0.2, 0.25) is 0 Å². The Hall–Kier alpha value is -3.20. The van der Waals surface area contributed by atoms with Crippen molar-refractivity contribution in [2.45, 2.75) is 6.92 Å².